The van der Waals surface area contributed by atoms with E-state index in [9.17, 15) is 13.6 Å². The minimum Gasteiger partial charge on any atom is -0.370 e. The van der Waals surface area contributed by atoms with Crippen molar-refractivity contribution in [1.82, 2.24) is 0 Å². The number of benzene rings is 1. The number of rotatable bonds is 6. The second-order valence-corrected chi connectivity index (χ2v) is 4.80. The van der Waals surface area contributed by atoms with Crippen molar-refractivity contribution in [3.63, 3.8) is 0 Å². The Bertz CT molecular complexity index is 416. The van der Waals surface area contributed by atoms with Crippen LogP contribution in [0.5, 0.6) is 0 Å². The Hall–Kier alpha value is -1.29. The molecule has 1 aromatic carbocycles. The third kappa shape index (κ3) is 4.53. The van der Waals surface area contributed by atoms with E-state index in [4.69, 9.17) is 4.74 Å². The fourth-order valence-electron chi connectivity index (χ4n) is 1.74. The first-order chi connectivity index (χ1) is 8.40. The number of carbonyl (C=O) groups is 1. The topological polar surface area (TPSA) is 26.3 Å². The summed E-state index contributed by atoms with van der Waals surface area (Å²) in [6.07, 6.45) is 0.740. The summed E-state index contributed by atoms with van der Waals surface area (Å²) in [6, 6.07) is 2.82. The van der Waals surface area contributed by atoms with E-state index >= 15 is 0 Å². The summed E-state index contributed by atoms with van der Waals surface area (Å²) in [5.41, 5.74) is -0.258. The maximum atomic E-state index is 13.3. The Morgan fingerprint density at radius 2 is 1.94 bits per heavy atom. The zero-order chi connectivity index (χ0) is 13.7. The summed E-state index contributed by atoms with van der Waals surface area (Å²) in [6.45, 7) is 5.73. The summed E-state index contributed by atoms with van der Waals surface area (Å²) >= 11 is 0. The average molecular weight is 256 g/mol. The Labute approximate surface area is 106 Å². The van der Waals surface area contributed by atoms with Gasteiger partial charge in [-0.1, -0.05) is 13.8 Å². The largest absolute Gasteiger partial charge is 0.370 e. The number of Topliss-reactive ketones (excluding diaryl/α,β-unsaturated/α-hetero) is 1. The lowest BCUT2D eigenvalue weighted by atomic mass is 10.1. The summed E-state index contributed by atoms with van der Waals surface area (Å²) in [5, 5.41) is 0. The zero-order valence-electron chi connectivity index (χ0n) is 10.9. The van der Waals surface area contributed by atoms with Crippen molar-refractivity contribution < 1.29 is 18.3 Å². The fraction of sp³-hybridized carbons (Fsp3) is 0.500. The van der Waals surface area contributed by atoms with E-state index in [-0.39, 0.29) is 18.3 Å². The van der Waals surface area contributed by atoms with Gasteiger partial charge in [0.2, 0.25) is 0 Å². The van der Waals surface area contributed by atoms with Crippen LogP contribution in [-0.4, -0.2) is 18.5 Å². The van der Waals surface area contributed by atoms with Crippen molar-refractivity contribution in [2.45, 2.75) is 33.3 Å². The van der Waals surface area contributed by atoms with E-state index in [0.29, 0.717) is 5.92 Å². The van der Waals surface area contributed by atoms with E-state index in [1.165, 1.54) is 0 Å². The molecule has 0 N–H and O–H groups in total. The molecule has 0 radical (unpaired) electrons. The molecule has 0 amide bonds. The van der Waals surface area contributed by atoms with Crippen LogP contribution in [0.1, 0.15) is 37.6 Å². The maximum Gasteiger partial charge on any atom is 0.191 e. The van der Waals surface area contributed by atoms with Gasteiger partial charge in [0.05, 0.1) is 11.7 Å². The molecule has 1 atom stereocenters. The van der Waals surface area contributed by atoms with Crippen molar-refractivity contribution in [3.05, 3.63) is 35.4 Å². The molecule has 0 bridgehead atoms. The van der Waals surface area contributed by atoms with Crippen LogP contribution < -0.4 is 0 Å². The summed E-state index contributed by atoms with van der Waals surface area (Å²) in [5.74, 6) is -1.43. The Morgan fingerprint density at radius 1 is 1.28 bits per heavy atom. The lowest BCUT2D eigenvalue weighted by molar-refractivity contribution is 0.0442. The number of ether oxygens (including phenoxy) is 1. The predicted molar refractivity (Wildman–Crippen MR) is 65.6 cm³/mol. The third-order valence-corrected chi connectivity index (χ3v) is 2.53. The summed E-state index contributed by atoms with van der Waals surface area (Å²) in [7, 11) is 0. The lowest BCUT2D eigenvalue weighted by Gasteiger charge is -2.14. The van der Waals surface area contributed by atoms with E-state index in [0.717, 1.165) is 24.6 Å². The van der Waals surface area contributed by atoms with E-state index in [2.05, 4.69) is 0 Å². The van der Waals surface area contributed by atoms with Gasteiger partial charge in [0.25, 0.3) is 0 Å². The second kappa shape index (κ2) is 6.59. The SMILES string of the molecule is CC(C)CC(C)OCC(=O)c1cc(F)ccc1F. The highest BCUT2D eigenvalue weighted by molar-refractivity contribution is 5.97. The molecule has 0 saturated heterocycles. The van der Waals surface area contributed by atoms with Gasteiger partial charge in [-0.3, -0.25) is 4.79 Å². The van der Waals surface area contributed by atoms with Crippen LogP contribution >= 0.6 is 0 Å². The molecule has 1 unspecified atom stereocenters. The summed E-state index contributed by atoms with van der Waals surface area (Å²) < 4.78 is 31.6. The maximum absolute atomic E-state index is 13.3. The third-order valence-electron chi connectivity index (χ3n) is 2.53. The van der Waals surface area contributed by atoms with Crippen molar-refractivity contribution in [1.29, 1.82) is 0 Å². The molecule has 0 aromatic heterocycles. The molecular formula is C14H18F2O2. The van der Waals surface area contributed by atoms with Crippen molar-refractivity contribution in [2.24, 2.45) is 5.92 Å². The molecule has 0 aliphatic heterocycles. The molecule has 0 spiro atoms. The van der Waals surface area contributed by atoms with Crippen molar-refractivity contribution >= 4 is 5.78 Å². The van der Waals surface area contributed by atoms with E-state index in [1.807, 2.05) is 20.8 Å². The van der Waals surface area contributed by atoms with E-state index < -0.39 is 17.4 Å². The van der Waals surface area contributed by atoms with Gasteiger partial charge in [-0.05, 0) is 37.5 Å². The number of hydrogen-bond acceptors (Lipinski definition) is 2. The van der Waals surface area contributed by atoms with Crippen LogP contribution in [-0.2, 0) is 4.74 Å². The number of carbonyl (C=O) groups excluding carboxylic acids is 1. The van der Waals surface area contributed by atoms with Gasteiger partial charge >= 0.3 is 0 Å². The number of hydrogen-bond donors (Lipinski definition) is 0. The van der Waals surface area contributed by atoms with Crippen molar-refractivity contribution in [2.75, 3.05) is 6.61 Å². The molecule has 1 aromatic rings. The first kappa shape index (κ1) is 14.8. The number of halogens is 2. The van der Waals surface area contributed by atoms with Gasteiger partial charge in [0.1, 0.15) is 18.2 Å². The number of ketones is 1. The monoisotopic (exact) mass is 256 g/mol. The second-order valence-electron chi connectivity index (χ2n) is 4.80. The Morgan fingerprint density at radius 3 is 2.56 bits per heavy atom. The van der Waals surface area contributed by atoms with Crippen LogP contribution in [0.3, 0.4) is 0 Å². The molecule has 0 saturated carbocycles. The molecule has 0 aliphatic carbocycles. The average Bonchev–Trinajstić information content (AvgIpc) is 2.28. The molecule has 1 rings (SSSR count). The Kier molecular flexibility index (Phi) is 5.41. The van der Waals surface area contributed by atoms with Gasteiger partial charge < -0.3 is 4.74 Å². The molecule has 4 heteroatoms. The highest BCUT2D eigenvalue weighted by atomic mass is 19.1. The van der Waals surface area contributed by atoms with Gasteiger partial charge in [-0.25, -0.2) is 8.78 Å². The van der Waals surface area contributed by atoms with Gasteiger partial charge in [-0.2, -0.15) is 0 Å². The molecule has 0 aliphatic rings. The van der Waals surface area contributed by atoms with Crippen LogP contribution in [0.4, 0.5) is 8.78 Å². The standard InChI is InChI=1S/C14H18F2O2/c1-9(2)6-10(3)18-8-14(17)12-7-11(15)4-5-13(12)16/h4-5,7,9-10H,6,8H2,1-3H3. The minimum atomic E-state index is -0.721. The quantitative estimate of drug-likeness (QED) is 0.727. The lowest BCUT2D eigenvalue weighted by Crippen LogP contribution is -2.18. The zero-order valence-corrected chi connectivity index (χ0v) is 10.9. The first-order valence-electron chi connectivity index (χ1n) is 6.00. The van der Waals surface area contributed by atoms with Crippen LogP contribution in [0.2, 0.25) is 0 Å². The highest BCUT2D eigenvalue weighted by Crippen LogP contribution is 2.12. The molecule has 2 nitrogen and oxygen atoms in total. The smallest absolute Gasteiger partial charge is 0.191 e. The van der Waals surface area contributed by atoms with Gasteiger partial charge in [0.15, 0.2) is 5.78 Å². The fourth-order valence-corrected chi connectivity index (χ4v) is 1.74. The molecule has 0 heterocycles. The van der Waals surface area contributed by atoms with Crippen LogP contribution in [0, 0.1) is 17.6 Å². The molecule has 0 fully saturated rings. The molecule has 18 heavy (non-hydrogen) atoms. The molecule has 100 valence electrons. The predicted octanol–water partition coefficient (Wildman–Crippen LogP) is 3.60. The molecular weight excluding hydrogens is 238 g/mol. The van der Waals surface area contributed by atoms with Crippen LogP contribution in [0.15, 0.2) is 18.2 Å². The van der Waals surface area contributed by atoms with Crippen LogP contribution in [0.25, 0.3) is 0 Å². The van der Waals surface area contributed by atoms with E-state index in [1.54, 1.807) is 0 Å². The summed E-state index contributed by atoms with van der Waals surface area (Å²) in [4.78, 5) is 11.7. The van der Waals surface area contributed by atoms with Gasteiger partial charge in [-0.15, -0.1) is 0 Å². The van der Waals surface area contributed by atoms with Crippen molar-refractivity contribution in [3.8, 4) is 0 Å². The first-order valence-corrected chi connectivity index (χ1v) is 6.00. The van der Waals surface area contributed by atoms with Gasteiger partial charge in [0, 0.05) is 0 Å². The minimum absolute atomic E-state index is 0.0782. The highest BCUT2D eigenvalue weighted by Gasteiger charge is 2.15. The normalized spacial score (nSPS) is 12.8. The Balaban J connectivity index is 2.58.